The summed E-state index contributed by atoms with van der Waals surface area (Å²) in [7, 11) is 2.06. The van der Waals surface area contributed by atoms with Crippen molar-refractivity contribution < 1.29 is 9.59 Å². The Morgan fingerprint density at radius 1 is 1.10 bits per heavy atom. The number of likely N-dealkylation sites (N-methyl/N-ethyl adjacent to an activating group) is 1. The lowest BCUT2D eigenvalue weighted by Crippen LogP contribution is -2.50. The fraction of sp³-hybridized carbons (Fsp3) is 0.500. The molecule has 0 saturated carbocycles. The largest absolute Gasteiger partial charge is 0.368 e. The Bertz CT molecular complexity index is 833. The van der Waals surface area contributed by atoms with Crippen LogP contribution in [0.15, 0.2) is 42.7 Å². The molecule has 2 N–H and O–H groups in total. The fourth-order valence-electron chi connectivity index (χ4n) is 4.45. The van der Waals surface area contributed by atoms with Gasteiger partial charge >= 0.3 is 0 Å². The molecule has 2 saturated heterocycles. The van der Waals surface area contributed by atoms with E-state index in [1.165, 1.54) is 11.9 Å². The third kappa shape index (κ3) is 4.64. The average Bonchev–Trinajstić information content (AvgIpc) is 3.44. The summed E-state index contributed by atoms with van der Waals surface area (Å²) in [6.07, 6.45) is 5.63. The van der Waals surface area contributed by atoms with Crippen LogP contribution in [0.2, 0.25) is 0 Å². The molecular formula is C22H30N6O2. The molecule has 2 aliphatic heterocycles. The lowest BCUT2D eigenvalue weighted by molar-refractivity contribution is -0.132. The zero-order chi connectivity index (χ0) is 20.9. The van der Waals surface area contributed by atoms with Crippen molar-refractivity contribution in [3.8, 4) is 0 Å². The number of aromatic amines is 1. The Hall–Kier alpha value is -2.87. The van der Waals surface area contributed by atoms with E-state index in [1.54, 1.807) is 6.20 Å². The van der Waals surface area contributed by atoms with E-state index in [1.807, 2.05) is 11.0 Å². The molecule has 1 aromatic carbocycles. The van der Waals surface area contributed by atoms with Gasteiger partial charge in [0.05, 0.1) is 11.8 Å². The zero-order valence-corrected chi connectivity index (χ0v) is 17.5. The van der Waals surface area contributed by atoms with Gasteiger partial charge in [-0.15, -0.1) is 0 Å². The lowest BCUT2D eigenvalue weighted by atomic mass is 10.1. The van der Waals surface area contributed by atoms with E-state index < -0.39 is 0 Å². The third-order valence-electron chi connectivity index (χ3n) is 6.41. The highest BCUT2D eigenvalue weighted by atomic mass is 16.2. The topological polar surface area (TPSA) is 84.6 Å². The molecule has 0 spiro atoms. The first kappa shape index (κ1) is 20.4. The van der Waals surface area contributed by atoms with Crippen molar-refractivity contribution in [1.29, 1.82) is 0 Å². The van der Waals surface area contributed by atoms with Gasteiger partial charge in [0.2, 0.25) is 5.91 Å². The molecule has 0 radical (unpaired) electrons. The molecule has 2 aliphatic rings. The van der Waals surface area contributed by atoms with E-state index in [4.69, 9.17) is 0 Å². The number of likely N-dealkylation sites (tertiary alicyclic amines) is 1. The second kappa shape index (κ2) is 9.30. The quantitative estimate of drug-likeness (QED) is 0.751. The van der Waals surface area contributed by atoms with Crippen LogP contribution in [-0.2, 0) is 4.79 Å². The highest BCUT2D eigenvalue weighted by Gasteiger charge is 2.33. The Balaban J connectivity index is 1.22. The maximum absolute atomic E-state index is 12.9. The Labute approximate surface area is 177 Å². The number of para-hydroxylation sites is 1. The standard InChI is InChI=1S/C22H30N6O2/c1-26-19(7-8-20(26)16-23-22(30)17-14-24-25-15-17)13-21(29)28-11-9-27(10-12-28)18-5-3-2-4-6-18/h2-6,14-15,19-20H,7-13,16H2,1H3,(H,23,30)(H,24,25)/t19-,20+/m1/s1. The van der Waals surface area contributed by atoms with Crippen LogP contribution in [0.4, 0.5) is 5.69 Å². The summed E-state index contributed by atoms with van der Waals surface area (Å²) in [5.41, 5.74) is 1.76. The van der Waals surface area contributed by atoms with Gasteiger partial charge in [0, 0.05) is 63.1 Å². The summed E-state index contributed by atoms with van der Waals surface area (Å²) < 4.78 is 0. The van der Waals surface area contributed by atoms with E-state index >= 15 is 0 Å². The molecule has 8 heteroatoms. The first-order chi connectivity index (χ1) is 14.6. The number of rotatable bonds is 6. The number of hydrogen-bond donors (Lipinski definition) is 2. The Kier molecular flexibility index (Phi) is 6.32. The molecule has 4 rings (SSSR count). The predicted octanol–water partition coefficient (Wildman–Crippen LogP) is 1.34. The molecule has 0 bridgehead atoms. The number of aromatic nitrogens is 2. The minimum Gasteiger partial charge on any atom is -0.368 e. The lowest BCUT2D eigenvalue weighted by Gasteiger charge is -2.37. The van der Waals surface area contributed by atoms with Crippen LogP contribution in [0.3, 0.4) is 0 Å². The van der Waals surface area contributed by atoms with Crippen LogP contribution >= 0.6 is 0 Å². The molecule has 2 amide bonds. The fourth-order valence-corrected chi connectivity index (χ4v) is 4.45. The molecule has 1 aromatic heterocycles. The minimum atomic E-state index is -0.118. The molecule has 2 atom stereocenters. The maximum atomic E-state index is 12.9. The smallest absolute Gasteiger partial charge is 0.254 e. The maximum Gasteiger partial charge on any atom is 0.254 e. The zero-order valence-electron chi connectivity index (χ0n) is 17.5. The van der Waals surface area contributed by atoms with Crippen LogP contribution in [0, 0.1) is 0 Å². The molecule has 0 aliphatic carbocycles. The second-order valence-corrected chi connectivity index (χ2v) is 8.15. The number of benzene rings is 1. The monoisotopic (exact) mass is 410 g/mol. The van der Waals surface area contributed by atoms with Gasteiger partial charge in [-0.05, 0) is 32.0 Å². The van der Waals surface area contributed by atoms with Crippen LogP contribution in [0.5, 0.6) is 0 Å². The Morgan fingerprint density at radius 2 is 1.83 bits per heavy atom. The number of amides is 2. The van der Waals surface area contributed by atoms with Gasteiger partial charge in [-0.3, -0.25) is 19.6 Å². The van der Waals surface area contributed by atoms with E-state index in [0.717, 1.165) is 39.0 Å². The van der Waals surface area contributed by atoms with Crippen LogP contribution in [0.1, 0.15) is 29.6 Å². The number of hydrogen-bond acceptors (Lipinski definition) is 5. The van der Waals surface area contributed by atoms with Gasteiger partial charge in [-0.25, -0.2) is 0 Å². The number of piperazine rings is 1. The van der Waals surface area contributed by atoms with Crippen molar-refractivity contribution in [1.82, 2.24) is 25.3 Å². The van der Waals surface area contributed by atoms with Crippen molar-refractivity contribution in [2.24, 2.45) is 0 Å². The molecule has 3 heterocycles. The summed E-state index contributed by atoms with van der Waals surface area (Å²) in [5.74, 6) is 0.121. The molecule has 8 nitrogen and oxygen atoms in total. The SMILES string of the molecule is CN1[C@@H](CC(=O)N2CCN(c3ccccc3)CC2)CC[C@H]1CNC(=O)c1cn[nH]c1. The third-order valence-corrected chi connectivity index (χ3v) is 6.41. The van der Waals surface area contributed by atoms with Crippen molar-refractivity contribution in [2.45, 2.75) is 31.3 Å². The van der Waals surface area contributed by atoms with E-state index in [0.29, 0.717) is 18.5 Å². The highest BCUT2D eigenvalue weighted by molar-refractivity contribution is 5.93. The molecule has 30 heavy (non-hydrogen) atoms. The number of nitrogens with one attached hydrogen (secondary N) is 2. The van der Waals surface area contributed by atoms with Gasteiger partial charge in [-0.1, -0.05) is 18.2 Å². The number of anilines is 1. The first-order valence-electron chi connectivity index (χ1n) is 10.7. The van der Waals surface area contributed by atoms with Gasteiger partial charge in [0.1, 0.15) is 0 Å². The molecule has 160 valence electrons. The Morgan fingerprint density at radius 3 is 2.53 bits per heavy atom. The van der Waals surface area contributed by atoms with Crippen LogP contribution < -0.4 is 10.2 Å². The normalized spacial score (nSPS) is 22.3. The summed E-state index contributed by atoms with van der Waals surface area (Å²) in [4.78, 5) is 31.6. The number of carbonyl (C=O) groups is 2. The van der Waals surface area contributed by atoms with Crippen molar-refractivity contribution in [3.63, 3.8) is 0 Å². The van der Waals surface area contributed by atoms with Crippen LogP contribution in [-0.4, -0.2) is 83.7 Å². The summed E-state index contributed by atoms with van der Waals surface area (Å²) in [5, 5.41) is 9.43. The summed E-state index contributed by atoms with van der Waals surface area (Å²) in [6, 6.07) is 10.9. The van der Waals surface area contributed by atoms with Gasteiger partial charge < -0.3 is 15.1 Å². The van der Waals surface area contributed by atoms with E-state index in [-0.39, 0.29) is 23.9 Å². The first-order valence-corrected chi connectivity index (χ1v) is 10.7. The van der Waals surface area contributed by atoms with Crippen molar-refractivity contribution >= 4 is 17.5 Å². The van der Waals surface area contributed by atoms with Crippen molar-refractivity contribution in [3.05, 3.63) is 48.3 Å². The van der Waals surface area contributed by atoms with Gasteiger partial charge in [-0.2, -0.15) is 5.10 Å². The number of nitrogens with zero attached hydrogens (tertiary/aromatic N) is 4. The van der Waals surface area contributed by atoms with Gasteiger partial charge in [0.15, 0.2) is 0 Å². The van der Waals surface area contributed by atoms with Crippen molar-refractivity contribution in [2.75, 3.05) is 44.7 Å². The van der Waals surface area contributed by atoms with Gasteiger partial charge in [0.25, 0.3) is 5.91 Å². The van der Waals surface area contributed by atoms with Crippen LogP contribution in [0.25, 0.3) is 0 Å². The van der Waals surface area contributed by atoms with E-state index in [2.05, 4.69) is 56.6 Å². The summed E-state index contributed by atoms with van der Waals surface area (Å²) in [6.45, 7) is 3.88. The highest BCUT2D eigenvalue weighted by Crippen LogP contribution is 2.25. The van der Waals surface area contributed by atoms with E-state index in [9.17, 15) is 9.59 Å². The minimum absolute atomic E-state index is 0.118. The second-order valence-electron chi connectivity index (χ2n) is 8.15. The number of H-pyrrole nitrogens is 1. The summed E-state index contributed by atoms with van der Waals surface area (Å²) >= 11 is 0. The molecular weight excluding hydrogens is 380 g/mol. The number of carbonyl (C=O) groups excluding carboxylic acids is 2. The average molecular weight is 411 g/mol. The molecule has 2 aromatic rings. The predicted molar refractivity (Wildman–Crippen MR) is 115 cm³/mol. The molecule has 0 unspecified atom stereocenters. The molecule has 2 fully saturated rings.